The number of hydrogen-bond donors (Lipinski definition) is 1. The van der Waals surface area contributed by atoms with Crippen molar-refractivity contribution in [1.29, 1.82) is 0 Å². The number of alkyl halides is 2. The molecule has 0 radical (unpaired) electrons. The van der Waals surface area contributed by atoms with Crippen LogP contribution in [0.5, 0.6) is 0 Å². The van der Waals surface area contributed by atoms with E-state index in [-0.39, 0.29) is 12.0 Å². The maximum Gasteiger partial charge on any atom is 0.254 e. The predicted octanol–water partition coefficient (Wildman–Crippen LogP) is 1.68. The zero-order valence-corrected chi connectivity index (χ0v) is 9.18. The van der Waals surface area contributed by atoms with Crippen molar-refractivity contribution in [2.24, 2.45) is 5.73 Å². The molecule has 1 aliphatic heterocycles. The lowest BCUT2D eigenvalue weighted by Crippen LogP contribution is -2.36. The van der Waals surface area contributed by atoms with Gasteiger partial charge in [-0.3, -0.25) is 4.90 Å². The molecule has 0 spiro atoms. The van der Waals surface area contributed by atoms with Crippen molar-refractivity contribution in [1.82, 2.24) is 4.90 Å². The Hall–Kier alpha value is -1.00. The van der Waals surface area contributed by atoms with Crippen LogP contribution in [-0.4, -0.2) is 37.0 Å². The van der Waals surface area contributed by atoms with Crippen molar-refractivity contribution in [3.63, 3.8) is 0 Å². The molecular weight excluding hydrogens is 210 g/mol. The Kier molecular flexibility index (Phi) is 3.21. The molecule has 0 saturated carbocycles. The van der Waals surface area contributed by atoms with E-state index < -0.39 is 12.5 Å². The first-order valence-corrected chi connectivity index (χ1v) is 5.40. The Morgan fingerprint density at radius 1 is 1.31 bits per heavy atom. The standard InChI is InChI=1S/C12H16F2N2/c1-16-7-9(15)10(11(16)12(13)14)8-5-3-2-4-6-8/h2-6,9-12H,7,15H2,1H3/t9-,10+,11+/m0/s1. The second kappa shape index (κ2) is 4.47. The van der Waals surface area contributed by atoms with E-state index in [1.165, 1.54) is 0 Å². The van der Waals surface area contributed by atoms with Gasteiger partial charge in [0.25, 0.3) is 6.43 Å². The summed E-state index contributed by atoms with van der Waals surface area (Å²) in [6, 6.07) is 8.37. The Bertz CT molecular complexity index is 342. The van der Waals surface area contributed by atoms with Gasteiger partial charge in [0.15, 0.2) is 0 Å². The molecule has 2 N–H and O–H groups in total. The second-order valence-corrected chi connectivity index (χ2v) is 4.36. The van der Waals surface area contributed by atoms with Gasteiger partial charge < -0.3 is 5.73 Å². The quantitative estimate of drug-likeness (QED) is 0.831. The van der Waals surface area contributed by atoms with Gasteiger partial charge in [0.1, 0.15) is 0 Å². The van der Waals surface area contributed by atoms with Crippen LogP contribution < -0.4 is 5.73 Å². The van der Waals surface area contributed by atoms with Crippen molar-refractivity contribution >= 4 is 0 Å². The molecule has 3 atom stereocenters. The van der Waals surface area contributed by atoms with Crippen LogP contribution in [0.15, 0.2) is 30.3 Å². The van der Waals surface area contributed by atoms with Crippen molar-refractivity contribution in [3.8, 4) is 0 Å². The van der Waals surface area contributed by atoms with Crippen molar-refractivity contribution in [2.75, 3.05) is 13.6 Å². The largest absolute Gasteiger partial charge is 0.326 e. The van der Waals surface area contributed by atoms with E-state index in [4.69, 9.17) is 5.73 Å². The smallest absolute Gasteiger partial charge is 0.254 e. The summed E-state index contributed by atoms with van der Waals surface area (Å²) in [5, 5.41) is 0. The van der Waals surface area contributed by atoms with Gasteiger partial charge in [-0.1, -0.05) is 30.3 Å². The van der Waals surface area contributed by atoms with Crippen molar-refractivity contribution in [3.05, 3.63) is 35.9 Å². The molecule has 1 saturated heterocycles. The van der Waals surface area contributed by atoms with Gasteiger partial charge in [-0.05, 0) is 12.6 Å². The number of nitrogens with zero attached hydrogens (tertiary/aromatic N) is 1. The monoisotopic (exact) mass is 226 g/mol. The highest BCUT2D eigenvalue weighted by atomic mass is 19.3. The SMILES string of the molecule is CN1C[C@H](N)[C@@H](c2ccccc2)[C@@H]1C(F)F. The molecule has 1 aromatic carbocycles. The van der Waals surface area contributed by atoms with E-state index in [1.807, 2.05) is 30.3 Å². The summed E-state index contributed by atoms with van der Waals surface area (Å²) in [7, 11) is 1.71. The minimum atomic E-state index is -2.36. The van der Waals surface area contributed by atoms with Gasteiger partial charge in [0.2, 0.25) is 0 Å². The fourth-order valence-corrected chi connectivity index (χ4v) is 2.56. The summed E-state index contributed by atoms with van der Waals surface area (Å²) in [5.74, 6) is -0.272. The number of halogens is 2. The predicted molar refractivity (Wildman–Crippen MR) is 59.6 cm³/mol. The normalized spacial score (nSPS) is 31.2. The number of hydrogen-bond acceptors (Lipinski definition) is 2. The highest BCUT2D eigenvalue weighted by molar-refractivity contribution is 5.25. The molecule has 2 nitrogen and oxygen atoms in total. The maximum atomic E-state index is 13.0. The van der Waals surface area contributed by atoms with Crippen LogP contribution in [0.4, 0.5) is 8.78 Å². The topological polar surface area (TPSA) is 29.3 Å². The molecule has 0 unspecified atom stereocenters. The number of likely N-dealkylation sites (tertiary alicyclic amines) is 1. The molecular formula is C12H16F2N2. The average molecular weight is 226 g/mol. The van der Waals surface area contributed by atoms with Crippen LogP contribution in [0.1, 0.15) is 11.5 Å². The molecule has 0 aromatic heterocycles. The summed E-state index contributed by atoms with van der Waals surface area (Å²) >= 11 is 0. The molecule has 1 fully saturated rings. The van der Waals surface area contributed by atoms with Gasteiger partial charge >= 0.3 is 0 Å². The van der Waals surface area contributed by atoms with E-state index in [0.717, 1.165) is 5.56 Å². The van der Waals surface area contributed by atoms with E-state index in [1.54, 1.807) is 11.9 Å². The average Bonchev–Trinajstić information content (AvgIpc) is 2.55. The Labute approximate surface area is 94.0 Å². The molecule has 2 rings (SSSR count). The zero-order chi connectivity index (χ0) is 11.7. The minimum absolute atomic E-state index is 0.216. The van der Waals surface area contributed by atoms with Gasteiger partial charge in [-0.2, -0.15) is 0 Å². The second-order valence-electron chi connectivity index (χ2n) is 4.36. The van der Waals surface area contributed by atoms with Crippen LogP contribution in [0.2, 0.25) is 0 Å². The van der Waals surface area contributed by atoms with Gasteiger partial charge in [-0.25, -0.2) is 8.78 Å². The van der Waals surface area contributed by atoms with E-state index in [0.29, 0.717) is 6.54 Å². The van der Waals surface area contributed by atoms with Crippen LogP contribution in [0, 0.1) is 0 Å². The first-order valence-electron chi connectivity index (χ1n) is 5.40. The third kappa shape index (κ3) is 1.95. The Morgan fingerprint density at radius 2 is 1.94 bits per heavy atom. The van der Waals surface area contributed by atoms with Gasteiger partial charge in [0, 0.05) is 18.5 Å². The number of nitrogens with two attached hydrogens (primary N) is 1. The fourth-order valence-electron chi connectivity index (χ4n) is 2.56. The Morgan fingerprint density at radius 3 is 2.50 bits per heavy atom. The number of likely N-dealkylation sites (N-methyl/N-ethyl adjacent to an activating group) is 1. The zero-order valence-electron chi connectivity index (χ0n) is 9.18. The van der Waals surface area contributed by atoms with Gasteiger partial charge in [0.05, 0.1) is 6.04 Å². The van der Waals surface area contributed by atoms with Crippen LogP contribution in [0.3, 0.4) is 0 Å². The van der Waals surface area contributed by atoms with E-state index in [2.05, 4.69) is 0 Å². The molecule has 1 aliphatic rings. The fraction of sp³-hybridized carbons (Fsp3) is 0.500. The Balaban J connectivity index is 2.31. The summed E-state index contributed by atoms with van der Waals surface area (Å²) < 4.78 is 26.0. The van der Waals surface area contributed by atoms with Gasteiger partial charge in [-0.15, -0.1) is 0 Å². The van der Waals surface area contributed by atoms with Crippen LogP contribution in [0.25, 0.3) is 0 Å². The number of benzene rings is 1. The van der Waals surface area contributed by atoms with Crippen LogP contribution >= 0.6 is 0 Å². The van der Waals surface area contributed by atoms with Crippen LogP contribution in [-0.2, 0) is 0 Å². The molecule has 88 valence electrons. The van der Waals surface area contributed by atoms with E-state index >= 15 is 0 Å². The summed E-state index contributed by atoms with van der Waals surface area (Å²) in [6.07, 6.45) is -2.36. The number of rotatable bonds is 2. The maximum absolute atomic E-state index is 13.0. The molecule has 0 amide bonds. The minimum Gasteiger partial charge on any atom is -0.326 e. The molecule has 1 aromatic rings. The summed E-state index contributed by atoms with van der Waals surface area (Å²) in [4.78, 5) is 1.66. The molecule has 0 bridgehead atoms. The first kappa shape index (κ1) is 11.5. The highest BCUT2D eigenvalue weighted by Crippen LogP contribution is 2.34. The molecule has 16 heavy (non-hydrogen) atoms. The van der Waals surface area contributed by atoms with Crippen molar-refractivity contribution in [2.45, 2.75) is 24.4 Å². The first-order chi connectivity index (χ1) is 7.61. The molecule has 1 heterocycles. The summed E-state index contributed by atoms with van der Waals surface area (Å²) in [6.45, 7) is 0.522. The summed E-state index contributed by atoms with van der Waals surface area (Å²) in [5.41, 5.74) is 6.86. The lowest BCUT2D eigenvalue weighted by Gasteiger charge is -2.25. The lowest BCUT2D eigenvalue weighted by molar-refractivity contribution is 0.0513. The molecule has 0 aliphatic carbocycles. The third-order valence-corrected chi connectivity index (χ3v) is 3.28. The third-order valence-electron chi connectivity index (χ3n) is 3.28. The van der Waals surface area contributed by atoms with Crippen molar-refractivity contribution < 1.29 is 8.78 Å². The highest BCUT2D eigenvalue weighted by Gasteiger charge is 2.43. The van der Waals surface area contributed by atoms with E-state index in [9.17, 15) is 8.78 Å². The molecule has 4 heteroatoms. The lowest BCUT2D eigenvalue weighted by atomic mass is 9.89.